The number of fused-ring (bicyclic) bond motifs is 1. The summed E-state index contributed by atoms with van der Waals surface area (Å²) < 4.78 is 0. The second-order valence-corrected chi connectivity index (χ2v) is 6.28. The Morgan fingerprint density at radius 2 is 1.91 bits per heavy atom. The zero-order valence-corrected chi connectivity index (χ0v) is 12.9. The third-order valence-electron chi connectivity index (χ3n) is 4.68. The van der Waals surface area contributed by atoms with Crippen molar-refractivity contribution in [3.63, 3.8) is 0 Å². The van der Waals surface area contributed by atoms with Crippen LogP contribution in [0.15, 0.2) is 48.5 Å². The van der Waals surface area contributed by atoms with Gasteiger partial charge in [0.05, 0.1) is 22.4 Å². The molecule has 0 saturated heterocycles. The highest BCUT2D eigenvalue weighted by molar-refractivity contribution is 5.78. The Labute approximate surface area is 136 Å². The first kappa shape index (κ1) is 14.3. The van der Waals surface area contributed by atoms with E-state index in [-0.39, 0.29) is 0 Å². The van der Waals surface area contributed by atoms with Crippen molar-refractivity contribution in [2.45, 2.75) is 19.3 Å². The topological polar surface area (TPSA) is 46.0 Å². The van der Waals surface area contributed by atoms with Gasteiger partial charge in [0.2, 0.25) is 0 Å². The standard InChI is InChI=1S/C20H19N2O/c23-13-16-12-15(16)10-11-19-20(14-6-2-1-3-7-14)22-18-9-5-4-8-17(18)21-19/h1-3,5-9,15-16,23H,10-13H2. The summed E-state index contributed by atoms with van der Waals surface area (Å²) in [5, 5.41) is 9.22. The van der Waals surface area contributed by atoms with Gasteiger partial charge in [0.1, 0.15) is 0 Å². The molecule has 1 radical (unpaired) electrons. The molecule has 1 saturated carbocycles. The SMILES string of the molecule is OCC1CC1CCc1nc2c[c]ccc2nc1-c1ccccc1. The van der Waals surface area contributed by atoms with Gasteiger partial charge in [0, 0.05) is 12.2 Å². The van der Waals surface area contributed by atoms with Gasteiger partial charge in [-0.05, 0) is 49.3 Å². The van der Waals surface area contributed by atoms with Crippen molar-refractivity contribution in [1.82, 2.24) is 9.97 Å². The zero-order chi connectivity index (χ0) is 15.6. The summed E-state index contributed by atoms with van der Waals surface area (Å²) in [6.07, 6.45) is 3.12. The molecular formula is C20H19N2O. The molecule has 0 bridgehead atoms. The number of benzene rings is 2. The highest BCUT2D eigenvalue weighted by atomic mass is 16.3. The largest absolute Gasteiger partial charge is 0.396 e. The van der Waals surface area contributed by atoms with Crippen LogP contribution in [0.3, 0.4) is 0 Å². The van der Waals surface area contributed by atoms with E-state index in [0.29, 0.717) is 18.4 Å². The van der Waals surface area contributed by atoms with Crippen molar-refractivity contribution >= 4 is 11.0 Å². The van der Waals surface area contributed by atoms with Gasteiger partial charge >= 0.3 is 0 Å². The van der Waals surface area contributed by atoms with Crippen molar-refractivity contribution in [1.29, 1.82) is 0 Å². The molecular weight excluding hydrogens is 284 g/mol. The molecule has 1 heterocycles. The van der Waals surface area contributed by atoms with E-state index in [1.807, 2.05) is 36.4 Å². The first-order valence-corrected chi connectivity index (χ1v) is 8.18. The summed E-state index contributed by atoms with van der Waals surface area (Å²) in [7, 11) is 0. The van der Waals surface area contributed by atoms with Gasteiger partial charge in [0.25, 0.3) is 0 Å². The van der Waals surface area contributed by atoms with Gasteiger partial charge in [-0.1, -0.05) is 36.4 Å². The maximum atomic E-state index is 9.22. The lowest BCUT2D eigenvalue weighted by atomic mass is 10.0. The van der Waals surface area contributed by atoms with Crippen molar-refractivity contribution in [3.05, 3.63) is 60.3 Å². The maximum absolute atomic E-state index is 9.22. The van der Waals surface area contributed by atoms with Crippen molar-refractivity contribution in [2.75, 3.05) is 6.61 Å². The molecule has 2 atom stereocenters. The quantitative estimate of drug-likeness (QED) is 0.782. The average molecular weight is 303 g/mol. The molecule has 1 N–H and O–H groups in total. The second kappa shape index (κ2) is 6.09. The Bertz CT molecular complexity index is 816. The van der Waals surface area contributed by atoms with Crippen LogP contribution in [-0.2, 0) is 6.42 Å². The maximum Gasteiger partial charge on any atom is 0.0925 e. The highest BCUT2D eigenvalue weighted by Crippen LogP contribution is 2.41. The molecule has 1 aliphatic carbocycles. The third-order valence-corrected chi connectivity index (χ3v) is 4.68. The second-order valence-electron chi connectivity index (χ2n) is 6.28. The Balaban J connectivity index is 1.71. The minimum atomic E-state index is 0.314. The Kier molecular flexibility index (Phi) is 3.80. The monoisotopic (exact) mass is 303 g/mol. The van der Waals surface area contributed by atoms with E-state index in [0.717, 1.165) is 47.2 Å². The number of aliphatic hydroxyl groups is 1. The van der Waals surface area contributed by atoms with Gasteiger partial charge in [-0.2, -0.15) is 0 Å². The fourth-order valence-electron chi connectivity index (χ4n) is 3.19. The molecule has 4 rings (SSSR count). The van der Waals surface area contributed by atoms with E-state index in [4.69, 9.17) is 9.97 Å². The third kappa shape index (κ3) is 2.97. The predicted octanol–water partition coefficient (Wildman–Crippen LogP) is 3.66. The normalized spacial score (nSPS) is 19.9. The minimum absolute atomic E-state index is 0.314. The lowest BCUT2D eigenvalue weighted by Crippen LogP contribution is -2.01. The van der Waals surface area contributed by atoms with E-state index in [1.54, 1.807) is 0 Å². The number of rotatable bonds is 5. The molecule has 115 valence electrons. The Morgan fingerprint density at radius 3 is 2.70 bits per heavy atom. The number of aromatic nitrogens is 2. The van der Waals surface area contributed by atoms with Gasteiger partial charge < -0.3 is 5.11 Å². The van der Waals surface area contributed by atoms with Crippen LogP contribution in [0.4, 0.5) is 0 Å². The van der Waals surface area contributed by atoms with Crippen LogP contribution in [0.25, 0.3) is 22.3 Å². The molecule has 0 spiro atoms. The molecule has 3 heteroatoms. The fraction of sp³-hybridized carbons (Fsp3) is 0.300. The first-order valence-electron chi connectivity index (χ1n) is 8.18. The number of aryl methyl sites for hydroxylation is 1. The van der Waals surface area contributed by atoms with E-state index in [2.05, 4.69) is 18.2 Å². The number of hydrogen-bond donors (Lipinski definition) is 1. The lowest BCUT2D eigenvalue weighted by molar-refractivity contribution is 0.267. The van der Waals surface area contributed by atoms with Crippen LogP contribution < -0.4 is 0 Å². The summed E-state index contributed by atoms with van der Waals surface area (Å²) in [6, 6.07) is 19.1. The van der Waals surface area contributed by atoms with Crippen molar-refractivity contribution < 1.29 is 5.11 Å². The van der Waals surface area contributed by atoms with Gasteiger partial charge in [-0.3, -0.25) is 0 Å². The molecule has 1 fully saturated rings. The highest BCUT2D eigenvalue weighted by Gasteiger charge is 2.35. The smallest absolute Gasteiger partial charge is 0.0925 e. The van der Waals surface area contributed by atoms with E-state index >= 15 is 0 Å². The molecule has 2 aromatic carbocycles. The summed E-state index contributed by atoms with van der Waals surface area (Å²) in [5.74, 6) is 1.14. The van der Waals surface area contributed by atoms with Crippen molar-refractivity contribution in [2.24, 2.45) is 11.8 Å². The summed E-state index contributed by atoms with van der Waals surface area (Å²) in [6.45, 7) is 0.314. The molecule has 1 aliphatic rings. The van der Waals surface area contributed by atoms with E-state index in [1.165, 1.54) is 0 Å². The van der Waals surface area contributed by atoms with Gasteiger partial charge in [0.15, 0.2) is 0 Å². The first-order chi connectivity index (χ1) is 11.3. The van der Waals surface area contributed by atoms with E-state index < -0.39 is 0 Å². The van der Waals surface area contributed by atoms with Gasteiger partial charge in [-0.25, -0.2) is 9.97 Å². The Hall–Kier alpha value is -2.26. The molecule has 0 amide bonds. The van der Waals surface area contributed by atoms with Crippen LogP contribution in [0, 0.1) is 17.9 Å². The fourth-order valence-corrected chi connectivity index (χ4v) is 3.19. The van der Waals surface area contributed by atoms with Crippen LogP contribution in [0.5, 0.6) is 0 Å². The molecule has 3 nitrogen and oxygen atoms in total. The van der Waals surface area contributed by atoms with Gasteiger partial charge in [-0.15, -0.1) is 0 Å². The molecule has 1 aromatic heterocycles. The molecule has 23 heavy (non-hydrogen) atoms. The van der Waals surface area contributed by atoms with E-state index in [9.17, 15) is 5.11 Å². The number of aliphatic hydroxyl groups excluding tert-OH is 1. The summed E-state index contributed by atoms with van der Waals surface area (Å²) in [5.41, 5.74) is 4.94. The summed E-state index contributed by atoms with van der Waals surface area (Å²) in [4.78, 5) is 9.70. The molecule has 0 aliphatic heterocycles. The van der Waals surface area contributed by atoms with Crippen LogP contribution >= 0.6 is 0 Å². The lowest BCUT2D eigenvalue weighted by Gasteiger charge is -2.10. The van der Waals surface area contributed by atoms with Crippen LogP contribution in [-0.4, -0.2) is 21.7 Å². The van der Waals surface area contributed by atoms with Crippen LogP contribution in [0.1, 0.15) is 18.5 Å². The minimum Gasteiger partial charge on any atom is -0.396 e. The molecule has 2 unspecified atom stereocenters. The Morgan fingerprint density at radius 1 is 1.04 bits per heavy atom. The number of nitrogens with zero attached hydrogens (tertiary/aromatic N) is 2. The van der Waals surface area contributed by atoms with Crippen LogP contribution in [0.2, 0.25) is 0 Å². The zero-order valence-electron chi connectivity index (χ0n) is 12.9. The summed E-state index contributed by atoms with van der Waals surface area (Å²) >= 11 is 0. The molecule has 3 aromatic rings. The van der Waals surface area contributed by atoms with Crippen molar-refractivity contribution in [3.8, 4) is 11.3 Å². The average Bonchev–Trinajstić information content (AvgIpc) is 3.38. The number of hydrogen-bond acceptors (Lipinski definition) is 3. The predicted molar refractivity (Wildman–Crippen MR) is 90.8 cm³/mol.